The van der Waals surface area contributed by atoms with E-state index in [1.165, 1.54) is 19.6 Å². The molecule has 158 valence electrons. The molecule has 0 aliphatic heterocycles. The lowest BCUT2D eigenvalue weighted by molar-refractivity contribution is -0.137. The predicted molar refractivity (Wildman–Crippen MR) is 108 cm³/mol. The third kappa shape index (κ3) is 4.01. The van der Waals surface area contributed by atoms with Crippen LogP contribution in [0.3, 0.4) is 0 Å². The number of nitrogens with one attached hydrogen (secondary N) is 1. The smallest absolute Gasteiger partial charge is 0.416 e. The standard InChI is InChI=1S/C23H22F3NO3/c1-29-22(28)15-10-11-19-18(13-15)20(14-6-5-7-16(12-14)23(24,25)26)21(30-19)27-17-8-3-2-4-9-17/h5-7,10-13,17,27H,2-4,8-9H2,1H3. The van der Waals surface area contributed by atoms with Gasteiger partial charge in [0.15, 0.2) is 0 Å². The maximum Gasteiger partial charge on any atom is 0.416 e. The molecule has 1 heterocycles. The number of ether oxygens (including phenoxy) is 1. The van der Waals surface area contributed by atoms with Gasteiger partial charge in [-0.3, -0.25) is 0 Å². The average molecular weight is 417 g/mol. The van der Waals surface area contributed by atoms with Crippen LogP contribution in [-0.4, -0.2) is 19.1 Å². The Morgan fingerprint density at radius 1 is 1.10 bits per heavy atom. The van der Waals surface area contributed by atoms with E-state index >= 15 is 0 Å². The van der Waals surface area contributed by atoms with Gasteiger partial charge in [0.1, 0.15) is 5.58 Å². The summed E-state index contributed by atoms with van der Waals surface area (Å²) in [6, 6.07) is 10.2. The highest BCUT2D eigenvalue weighted by atomic mass is 19.4. The molecule has 1 fully saturated rings. The Bertz CT molecular complexity index is 1070. The molecule has 0 atom stereocenters. The molecule has 4 nitrogen and oxygen atoms in total. The maximum atomic E-state index is 13.3. The molecule has 0 unspecified atom stereocenters. The van der Waals surface area contributed by atoms with Gasteiger partial charge in [0, 0.05) is 11.4 Å². The zero-order valence-corrected chi connectivity index (χ0v) is 16.5. The molecule has 0 saturated heterocycles. The first-order valence-corrected chi connectivity index (χ1v) is 9.96. The summed E-state index contributed by atoms with van der Waals surface area (Å²) in [5.41, 5.74) is 0.968. The summed E-state index contributed by atoms with van der Waals surface area (Å²) in [5.74, 6) is -0.0897. The second-order valence-electron chi connectivity index (χ2n) is 7.57. The fourth-order valence-electron chi connectivity index (χ4n) is 4.01. The summed E-state index contributed by atoms with van der Waals surface area (Å²) in [6.45, 7) is 0. The van der Waals surface area contributed by atoms with E-state index in [0.717, 1.165) is 37.8 Å². The molecular weight excluding hydrogens is 395 g/mol. The molecule has 1 aromatic heterocycles. The average Bonchev–Trinajstić information content (AvgIpc) is 3.10. The van der Waals surface area contributed by atoms with Crippen LogP contribution in [0.2, 0.25) is 0 Å². The van der Waals surface area contributed by atoms with E-state index in [1.54, 1.807) is 24.3 Å². The van der Waals surface area contributed by atoms with E-state index < -0.39 is 17.7 Å². The molecule has 7 heteroatoms. The lowest BCUT2D eigenvalue weighted by Crippen LogP contribution is -2.22. The van der Waals surface area contributed by atoms with Crippen LogP contribution in [0.25, 0.3) is 22.1 Å². The normalized spacial score (nSPS) is 15.3. The lowest BCUT2D eigenvalue weighted by atomic mass is 9.95. The Hall–Kier alpha value is -2.96. The van der Waals surface area contributed by atoms with Gasteiger partial charge >= 0.3 is 12.1 Å². The first-order valence-electron chi connectivity index (χ1n) is 9.96. The number of rotatable bonds is 4. The van der Waals surface area contributed by atoms with Crippen molar-refractivity contribution in [3.63, 3.8) is 0 Å². The zero-order valence-electron chi connectivity index (χ0n) is 16.5. The number of benzene rings is 2. The highest BCUT2D eigenvalue weighted by Crippen LogP contribution is 2.42. The van der Waals surface area contributed by atoms with Crippen LogP contribution in [-0.2, 0) is 10.9 Å². The van der Waals surface area contributed by atoms with Crippen LogP contribution in [0.4, 0.5) is 19.1 Å². The minimum atomic E-state index is -4.45. The van der Waals surface area contributed by atoms with Crippen LogP contribution in [0.5, 0.6) is 0 Å². The molecule has 1 aliphatic rings. The van der Waals surface area contributed by atoms with Crippen molar-refractivity contribution in [1.29, 1.82) is 0 Å². The van der Waals surface area contributed by atoms with E-state index in [-0.39, 0.29) is 6.04 Å². The van der Waals surface area contributed by atoms with Gasteiger partial charge in [-0.15, -0.1) is 0 Å². The minimum Gasteiger partial charge on any atom is -0.465 e. The fraction of sp³-hybridized carbons (Fsp3) is 0.348. The molecule has 4 rings (SSSR count). The number of halogens is 3. The third-order valence-corrected chi connectivity index (χ3v) is 5.53. The van der Waals surface area contributed by atoms with Crippen molar-refractivity contribution in [1.82, 2.24) is 0 Å². The van der Waals surface area contributed by atoms with E-state index in [0.29, 0.717) is 33.5 Å². The summed E-state index contributed by atoms with van der Waals surface area (Å²) >= 11 is 0. The Kier molecular flexibility index (Phi) is 5.45. The number of fused-ring (bicyclic) bond motifs is 1. The number of alkyl halides is 3. The van der Waals surface area contributed by atoms with Crippen LogP contribution in [0.15, 0.2) is 46.9 Å². The highest BCUT2D eigenvalue weighted by molar-refractivity contribution is 6.04. The number of hydrogen-bond acceptors (Lipinski definition) is 4. The van der Waals surface area contributed by atoms with Crippen LogP contribution >= 0.6 is 0 Å². The summed E-state index contributed by atoms with van der Waals surface area (Å²) in [5, 5.41) is 3.96. The number of esters is 1. The van der Waals surface area contributed by atoms with Crippen molar-refractivity contribution < 1.29 is 27.1 Å². The SMILES string of the molecule is COC(=O)c1ccc2oc(NC3CCCCC3)c(-c3cccc(C(F)(F)F)c3)c2c1. The number of methoxy groups -OCH3 is 1. The summed E-state index contributed by atoms with van der Waals surface area (Å²) in [6.07, 6.45) is 0.885. The largest absolute Gasteiger partial charge is 0.465 e. The van der Waals surface area contributed by atoms with Crippen molar-refractivity contribution in [3.05, 3.63) is 53.6 Å². The summed E-state index contributed by atoms with van der Waals surface area (Å²) < 4.78 is 50.7. The topological polar surface area (TPSA) is 51.5 Å². The first-order chi connectivity index (χ1) is 14.4. The highest BCUT2D eigenvalue weighted by Gasteiger charge is 2.31. The molecule has 2 aromatic carbocycles. The van der Waals surface area contributed by atoms with Gasteiger partial charge in [-0.25, -0.2) is 4.79 Å². The monoisotopic (exact) mass is 417 g/mol. The number of carbonyl (C=O) groups excluding carboxylic acids is 1. The number of furan rings is 1. The van der Waals surface area contributed by atoms with Gasteiger partial charge in [-0.05, 0) is 48.7 Å². The zero-order chi connectivity index (χ0) is 21.3. The van der Waals surface area contributed by atoms with E-state index in [9.17, 15) is 18.0 Å². The molecule has 0 spiro atoms. The quantitative estimate of drug-likeness (QED) is 0.483. The van der Waals surface area contributed by atoms with Gasteiger partial charge in [0.25, 0.3) is 0 Å². The Morgan fingerprint density at radius 2 is 1.87 bits per heavy atom. The van der Waals surface area contributed by atoms with E-state index in [4.69, 9.17) is 9.15 Å². The Morgan fingerprint density at radius 3 is 2.57 bits per heavy atom. The molecule has 1 N–H and O–H groups in total. The predicted octanol–water partition coefficient (Wildman–Crippen LogP) is 6.65. The van der Waals surface area contributed by atoms with Crippen LogP contribution in [0, 0.1) is 0 Å². The van der Waals surface area contributed by atoms with E-state index in [2.05, 4.69) is 5.32 Å². The number of hydrogen-bond donors (Lipinski definition) is 1. The van der Waals surface area contributed by atoms with E-state index in [1.807, 2.05) is 0 Å². The van der Waals surface area contributed by atoms with Gasteiger partial charge in [0.05, 0.1) is 23.8 Å². The van der Waals surface area contributed by atoms with Crippen molar-refractivity contribution >= 4 is 22.8 Å². The summed E-state index contributed by atoms with van der Waals surface area (Å²) in [7, 11) is 1.28. The second kappa shape index (κ2) is 8.05. The second-order valence-corrected chi connectivity index (χ2v) is 7.57. The maximum absolute atomic E-state index is 13.3. The molecule has 0 radical (unpaired) electrons. The Labute approximate surface area is 172 Å². The third-order valence-electron chi connectivity index (χ3n) is 5.53. The van der Waals surface area contributed by atoms with Gasteiger partial charge in [0.2, 0.25) is 5.88 Å². The van der Waals surface area contributed by atoms with Gasteiger partial charge in [-0.1, -0.05) is 31.4 Å². The van der Waals surface area contributed by atoms with Gasteiger partial charge < -0.3 is 14.5 Å². The van der Waals surface area contributed by atoms with Crippen LogP contribution in [0.1, 0.15) is 48.0 Å². The van der Waals surface area contributed by atoms with Crippen molar-refractivity contribution in [2.45, 2.75) is 44.3 Å². The molecule has 0 bridgehead atoms. The molecular formula is C23H22F3NO3. The fourth-order valence-corrected chi connectivity index (χ4v) is 4.01. The molecule has 30 heavy (non-hydrogen) atoms. The minimum absolute atomic E-state index is 0.198. The number of carbonyl (C=O) groups is 1. The lowest BCUT2D eigenvalue weighted by Gasteiger charge is -2.23. The Balaban J connectivity index is 1.87. The first kappa shape index (κ1) is 20.3. The van der Waals surface area contributed by atoms with Crippen molar-refractivity contribution in [3.8, 4) is 11.1 Å². The van der Waals surface area contributed by atoms with Crippen LogP contribution < -0.4 is 5.32 Å². The molecule has 1 saturated carbocycles. The molecule has 1 aliphatic carbocycles. The van der Waals surface area contributed by atoms with Gasteiger partial charge in [-0.2, -0.15) is 13.2 Å². The summed E-state index contributed by atoms with van der Waals surface area (Å²) in [4.78, 5) is 12.0. The molecule has 3 aromatic rings. The van der Waals surface area contributed by atoms with Crippen molar-refractivity contribution in [2.75, 3.05) is 12.4 Å². The molecule has 0 amide bonds. The number of anilines is 1. The van der Waals surface area contributed by atoms with Crippen molar-refractivity contribution in [2.24, 2.45) is 0 Å².